The number of hydrogen-bond acceptors (Lipinski definition) is 1. The zero-order chi connectivity index (χ0) is 12.6. The van der Waals surface area contributed by atoms with E-state index in [1.165, 1.54) is 11.3 Å². The van der Waals surface area contributed by atoms with E-state index in [4.69, 9.17) is 46.4 Å². The summed E-state index contributed by atoms with van der Waals surface area (Å²) in [6.07, 6.45) is 0. The van der Waals surface area contributed by atoms with Crippen molar-refractivity contribution in [1.29, 1.82) is 0 Å². The number of aryl methyl sites for hydroxylation is 1. The lowest BCUT2D eigenvalue weighted by Crippen LogP contribution is -1.92. The van der Waals surface area contributed by atoms with Gasteiger partial charge in [-0.25, -0.2) is 0 Å². The van der Waals surface area contributed by atoms with Gasteiger partial charge < -0.3 is 0 Å². The lowest BCUT2D eigenvalue weighted by atomic mass is 10.1. The average Bonchev–Trinajstić information content (AvgIpc) is 2.59. The SMILES string of the molecule is Cc1csc(C(Cl)c2ccc(Cl)cc2Cl)c1Cl. The number of hydrogen-bond donors (Lipinski definition) is 0. The van der Waals surface area contributed by atoms with Crippen molar-refractivity contribution in [3.63, 3.8) is 0 Å². The summed E-state index contributed by atoms with van der Waals surface area (Å²) in [5, 5.41) is 3.50. The molecular formula is C12H8Cl4S. The van der Waals surface area contributed by atoms with Gasteiger partial charge in [0.25, 0.3) is 0 Å². The van der Waals surface area contributed by atoms with Gasteiger partial charge in [-0.15, -0.1) is 22.9 Å². The topological polar surface area (TPSA) is 0 Å². The van der Waals surface area contributed by atoms with E-state index in [9.17, 15) is 0 Å². The Kier molecular flexibility index (Phi) is 4.27. The predicted octanol–water partition coefficient (Wildman–Crippen LogP) is 6.34. The first-order valence-electron chi connectivity index (χ1n) is 4.83. The van der Waals surface area contributed by atoms with Crippen LogP contribution in [0.25, 0.3) is 0 Å². The molecule has 1 unspecified atom stereocenters. The fraction of sp³-hybridized carbons (Fsp3) is 0.167. The maximum Gasteiger partial charge on any atom is 0.0957 e. The molecule has 5 heteroatoms. The van der Waals surface area contributed by atoms with Gasteiger partial charge in [0.05, 0.1) is 10.4 Å². The van der Waals surface area contributed by atoms with Crippen LogP contribution in [0, 0.1) is 6.92 Å². The third-order valence-electron chi connectivity index (χ3n) is 2.39. The second-order valence-corrected chi connectivity index (χ2v) is 6.19. The van der Waals surface area contributed by atoms with Crippen LogP contribution in [0.2, 0.25) is 15.1 Å². The van der Waals surface area contributed by atoms with Crippen LogP contribution in [0.3, 0.4) is 0 Å². The van der Waals surface area contributed by atoms with Gasteiger partial charge in [0.1, 0.15) is 0 Å². The molecule has 0 nitrogen and oxygen atoms in total. The minimum Gasteiger partial charge on any atom is -0.145 e. The molecule has 17 heavy (non-hydrogen) atoms. The lowest BCUT2D eigenvalue weighted by Gasteiger charge is -2.11. The van der Waals surface area contributed by atoms with E-state index in [1.54, 1.807) is 12.1 Å². The van der Waals surface area contributed by atoms with E-state index in [-0.39, 0.29) is 5.38 Å². The van der Waals surface area contributed by atoms with Gasteiger partial charge >= 0.3 is 0 Å². The summed E-state index contributed by atoms with van der Waals surface area (Å²) in [6.45, 7) is 1.95. The molecule has 2 aromatic rings. The fourth-order valence-corrected chi connectivity index (χ4v) is 3.85. The van der Waals surface area contributed by atoms with Crippen molar-refractivity contribution in [2.75, 3.05) is 0 Å². The first kappa shape index (κ1) is 13.5. The summed E-state index contributed by atoms with van der Waals surface area (Å²) in [4.78, 5) is 0.912. The van der Waals surface area contributed by atoms with Crippen molar-refractivity contribution >= 4 is 57.7 Å². The highest BCUT2D eigenvalue weighted by Gasteiger charge is 2.19. The minimum atomic E-state index is -0.342. The highest BCUT2D eigenvalue weighted by molar-refractivity contribution is 7.11. The summed E-state index contributed by atoms with van der Waals surface area (Å²) in [5.41, 5.74) is 1.85. The van der Waals surface area contributed by atoms with E-state index in [1.807, 2.05) is 18.4 Å². The second-order valence-electron chi connectivity index (χ2n) is 3.63. The first-order chi connectivity index (χ1) is 8.00. The zero-order valence-electron chi connectivity index (χ0n) is 8.81. The highest BCUT2D eigenvalue weighted by Crippen LogP contribution is 2.42. The van der Waals surface area contributed by atoms with Crippen molar-refractivity contribution in [1.82, 2.24) is 0 Å². The largest absolute Gasteiger partial charge is 0.145 e. The zero-order valence-corrected chi connectivity index (χ0v) is 12.6. The van der Waals surface area contributed by atoms with Crippen LogP contribution in [0.4, 0.5) is 0 Å². The lowest BCUT2D eigenvalue weighted by molar-refractivity contribution is 1.18. The van der Waals surface area contributed by atoms with Crippen LogP contribution in [0.5, 0.6) is 0 Å². The summed E-state index contributed by atoms with van der Waals surface area (Å²) in [5.74, 6) is 0. The Morgan fingerprint density at radius 2 is 1.88 bits per heavy atom. The molecule has 0 aliphatic heterocycles. The van der Waals surface area contributed by atoms with Crippen molar-refractivity contribution in [2.24, 2.45) is 0 Å². The van der Waals surface area contributed by atoms with Crippen LogP contribution < -0.4 is 0 Å². The molecule has 0 spiro atoms. The molecular weight excluding hydrogens is 318 g/mol. The number of benzene rings is 1. The number of thiophene rings is 1. The van der Waals surface area contributed by atoms with Gasteiger partial charge in [-0.1, -0.05) is 40.9 Å². The molecule has 2 rings (SSSR count). The molecule has 0 amide bonds. The Morgan fingerprint density at radius 3 is 2.41 bits per heavy atom. The third-order valence-corrected chi connectivity index (χ3v) is 5.31. The van der Waals surface area contributed by atoms with Crippen LogP contribution in [-0.2, 0) is 0 Å². The van der Waals surface area contributed by atoms with Crippen molar-refractivity contribution < 1.29 is 0 Å². The first-order valence-corrected chi connectivity index (χ1v) is 7.28. The summed E-state index contributed by atoms with van der Waals surface area (Å²) >= 11 is 26.1. The fourth-order valence-electron chi connectivity index (χ4n) is 1.47. The molecule has 1 atom stereocenters. The normalized spacial score (nSPS) is 12.8. The van der Waals surface area contributed by atoms with E-state index in [0.717, 1.165) is 16.0 Å². The van der Waals surface area contributed by atoms with E-state index in [2.05, 4.69) is 0 Å². The minimum absolute atomic E-state index is 0.342. The van der Waals surface area contributed by atoms with Crippen LogP contribution in [0.15, 0.2) is 23.6 Å². The Morgan fingerprint density at radius 1 is 1.18 bits per heavy atom. The smallest absolute Gasteiger partial charge is 0.0957 e. The molecule has 0 aliphatic carbocycles. The summed E-state index contributed by atoms with van der Waals surface area (Å²) in [6, 6.07) is 5.28. The molecule has 0 saturated carbocycles. The Labute approximate surface area is 124 Å². The summed E-state index contributed by atoms with van der Waals surface area (Å²) in [7, 11) is 0. The third kappa shape index (κ3) is 2.74. The van der Waals surface area contributed by atoms with E-state index < -0.39 is 0 Å². The Hall–Kier alpha value is 0.0800. The molecule has 1 heterocycles. The molecule has 1 aromatic heterocycles. The number of alkyl halides is 1. The monoisotopic (exact) mass is 324 g/mol. The van der Waals surface area contributed by atoms with E-state index >= 15 is 0 Å². The Bertz CT molecular complexity index is 547. The van der Waals surface area contributed by atoms with Crippen molar-refractivity contribution in [2.45, 2.75) is 12.3 Å². The molecule has 1 aromatic carbocycles. The van der Waals surface area contributed by atoms with Gasteiger partial charge in [0.2, 0.25) is 0 Å². The molecule has 0 radical (unpaired) electrons. The van der Waals surface area contributed by atoms with Gasteiger partial charge in [-0.2, -0.15) is 0 Å². The van der Waals surface area contributed by atoms with Gasteiger partial charge in [0.15, 0.2) is 0 Å². The number of rotatable bonds is 2. The van der Waals surface area contributed by atoms with E-state index in [0.29, 0.717) is 15.1 Å². The Balaban J connectivity index is 2.43. The molecule has 0 bridgehead atoms. The molecule has 90 valence electrons. The van der Waals surface area contributed by atoms with Crippen molar-refractivity contribution in [3.8, 4) is 0 Å². The predicted molar refractivity (Wildman–Crippen MR) is 78.2 cm³/mol. The molecule has 0 aliphatic rings. The van der Waals surface area contributed by atoms with Crippen molar-refractivity contribution in [3.05, 3.63) is 54.7 Å². The quantitative estimate of drug-likeness (QED) is 0.565. The molecule has 0 saturated heterocycles. The number of halogens is 4. The highest BCUT2D eigenvalue weighted by atomic mass is 35.5. The van der Waals surface area contributed by atoms with Gasteiger partial charge in [0, 0.05) is 14.9 Å². The van der Waals surface area contributed by atoms with Crippen LogP contribution in [0.1, 0.15) is 21.4 Å². The summed E-state index contributed by atoms with van der Waals surface area (Å²) < 4.78 is 0. The van der Waals surface area contributed by atoms with Gasteiger partial charge in [-0.3, -0.25) is 0 Å². The average molecular weight is 326 g/mol. The second kappa shape index (κ2) is 5.38. The van der Waals surface area contributed by atoms with Gasteiger partial charge in [-0.05, 0) is 35.6 Å². The molecule has 0 N–H and O–H groups in total. The molecule has 0 fully saturated rings. The van der Waals surface area contributed by atoms with Crippen LogP contribution in [-0.4, -0.2) is 0 Å². The standard InChI is InChI=1S/C12H8Cl4S/c1-6-5-17-12(10(6)15)11(16)8-3-2-7(13)4-9(8)14/h2-5,11H,1H3. The maximum absolute atomic E-state index is 6.41. The maximum atomic E-state index is 6.41. The van der Waals surface area contributed by atoms with Crippen LogP contribution >= 0.6 is 57.7 Å².